The van der Waals surface area contributed by atoms with Crippen molar-refractivity contribution in [1.29, 1.82) is 0 Å². The van der Waals surface area contributed by atoms with Crippen LogP contribution in [0.25, 0.3) is 0 Å². The molecule has 0 radical (unpaired) electrons. The Labute approximate surface area is 126 Å². The summed E-state index contributed by atoms with van der Waals surface area (Å²) in [7, 11) is 0. The Morgan fingerprint density at radius 1 is 1.43 bits per heavy atom. The first-order chi connectivity index (χ1) is 9.79. The van der Waals surface area contributed by atoms with Crippen molar-refractivity contribution in [2.45, 2.75) is 19.4 Å². The number of benzene rings is 1. The van der Waals surface area contributed by atoms with E-state index in [0.29, 0.717) is 10.8 Å². The standard InChI is InChI=1S/C13H15ClN2O5/c1-7-2-3-8(14)10(4-7)21-6-12(18)16-9(13(19)20)5-11(15)17/h2-4,9H,5-6H2,1H3,(H2,15,17)(H,16,18)(H,19,20)/t9-/m1/s1. The molecule has 0 aliphatic rings. The molecule has 0 saturated heterocycles. The summed E-state index contributed by atoms with van der Waals surface area (Å²) in [6.45, 7) is 1.41. The molecule has 2 amide bonds. The number of carboxylic acid groups (broad SMARTS) is 1. The molecule has 0 spiro atoms. The van der Waals surface area contributed by atoms with Crippen LogP contribution in [-0.2, 0) is 14.4 Å². The third kappa shape index (κ3) is 5.70. The SMILES string of the molecule is Cc1ccc(Cl)c(OCC(=O)N[C@H](CC(N)=O)C(=O)O)c1. The number of halogens is 1. The number of rotatable bonds is 7. The van der Waals surface area contributed by atoms with Crippen LogP contribution in [-0.4, -0.2) is 35.5 Å². The summed E-state index contributed by atoms with van der Waals surface area (Å²) in [6, 6.07) is 3.67. The van der Waals surface area contributed by atoms with E-state index in [2.05, 4.69) is 5.32 Å². The molecule has 1 rings (SSSR count). The predicted molar refractivity (Wildman–Crippen MR) is 75.1 cm³/mol. The lowest BCUT2D eigenvalue weighted by Gasteiger charge is -2.13. The van der Waals surface area contributed by atoms with E-state index in [1.807, 2.05) is 6.92 Å². The van der Waals surface area contributed by atoms with Crippen molar-refractivity contribution in [2.24, 2.45) is 5.73 Å². The Balaban J connectivity index is 2.58. The summed E-state index contributed by atoms with van der Waals surface area (Å²) in [5.74, 6) is -2.56. The number of aliphatic carboxylic acids is 1. The van der Waals surface area contributed by atoms with Crippen LogP contribution in [0.4, 0.5) is 0 Å². The highest BCUT2D eigenvalue weighted by molar-refractivity contribution is 6.32. The number of nitrogens with one attached hydrogen (secondary N) is 1. The van der Waals surface area contributed by atoms with E-state index in [1.54, 1.807) is 18.2 Å². The minimum atomic E-state index is -1.38. The van der Waals surface area contributed by atoms with Crippen LogP contribution < -0.4 is 15.8 Å². The fraction of sp³-hybridized carbons (Fsp3) is 0.308. The van der Waals surface area contributed by atoms with Crippen molar-refractivity contribution < 1.29 is 24.2 Å². The van der Waals surface area contributed by atoms with E-state index >= 15 is 0 Å². The Hall–Kier alpha value is -2.28. The molecule has 0 heterocycles. The predicted octanol–water partition coefficient (Wildman–Crippen LogP) is 0.472. The van der Waals surface area contributed by atoms with E-state index in [0.717, 1.165) is 5.56 Å². The summed E-state index contributed by atoms with van der Waals surface area (Å²) >= 11 is 5.89. The zero-order valence-electron chi connectivity index (χ0n) is 11.3. The third-order valence-corrected chi connectivity index (χ3v) is 2.80. The molecule has 0 unspecified atom stereocenters. The fourth-order valence-corrected chi connectivity index (χ4v) is 1.67. The van der Waals surface area contributed by atoms with Gasteiger partial charge in [-0.15, -0.1) is 0 Å². The lowest BCUT2D eigenvalue weighted by atomic mass is 10.2. The second-order valence-corrected chi connectivity index (χ2v) is 4.76. The molecule has 0 fully saturated rings. The van der Waals surface area contributed by atoms with E-state index in [1.165, 1.54) is 0 Å². The van der Waals surface area contributed by atoms with Crippen molar-refractivity contribution in [3.8, 4) is 5.75 Å². The van der Waals surface area contributed by atoms with Crippen LogP contribution >= 0.6 is 11.6 Å². The van der Waals surface area contributed by atoms with Crippen molar-refractivity contribution in [2.75, 3.05) is 6.61 Å². The molecular formula is C13H15ClN2O5. The number of hydrogen-bond donors (Lipinski definition) is 3. The van der Waals surface area contributed by atoms with E-state index in [9.17, 15) is 14.4 Å². The molecule has 114 valence electrons. The Bertz CT molecular complexity index is 561. The van der Waals surface area contributed by atoms with E-state index in [-0.39, 0.29) is 0 Å². The number of amides is 2. The maximum atomic E-state index is 11.6. The fourth-order valence-electron chi connectivity index (χ4n) is 1.50. The van der Waals surface area contributed by atoms with E-state index < -0.39 is 36.9 Å². The first-order valence-electron chi connectivity index (χ1n) is 5.99. The van der Waals surface area contributed by atoms with Crippen LogP contribution in [0.15, 0.2) is 18.2 Å². The quantitative estimate of drug-likeness (QED) is 0.676. The number of aryl methyl sites for hydroxylation is 1. The van der Waals surface area contributed by atoms with Gasteiger partial charge in [-0.25, -0.2) is 4.79 Å². The molecule has 0 aliphatic heterocycles. The van der Waals surface area contributed by atoms with Gasteiger partial charge >= 0.3 is 5.97 Å². The molecule has 8 heteroatoms. The number of primary amides is 1. The number of ether oxygens (including phenoxy) is 1. The molecule has 1 atom stereocenters. The summed E-state index contributed by atoms with van der Waals surface area (Å²) < 4.78 is 5.21. The van der Waals surface area contributed by atoms with Gasteiger partial charge in [0.25, 0.3) is 5.91 Å². The zero-order chi connectivity index (χ0) is 16.0. The van der Waals surface area contributed by atoms with Gasteiger partial charge in [-0.1, -0.05) is 17.7 Å². The van der Waals surface area contributed by atoms with Gasteiger partial charge in [0.05, 0.1) is 11.4 Å². The number of carboxylic acids is 1. The van der Waals surface area contributed by atoms with E-state index in [4.69, 9.17) is 27.2 Å². The molecule has 4 N–H and O–H groups in total. The molecule has 1 aromatic rings. The van der Waals surface area contributed by atoms with Gasteiger partial charge in [0.1, 0.15) is 11.8 Å². The average Bonchev–Trinajstić information content (AvgIpc) is 2.38. The normalized spacial score (nSPS) is 11.5. The molecule has 0 bridgehead atoms. The summed E-state index contributed by atoms with van der Waals surface area (Å²) in [5.41, 5.74) is 5.80. The molecule has 1 aromatic carbocycles. The van der Waals surface area contributed by atoms with Gasteiger partial charge < -0.3 is 20.9 Å². The third-order valence-electron chi connectivity index (χ3n) is 2.48. The van der Waals surface area contributed by atoms with Crippen LogP contribution in [0.1, 0.15) is 12.0 Å². The van der Waals surface area contributed by atoms with Crippen molar-refractivity contribution in [3.63, 3.8) is 0 Å². The Morgan fingerprint density at radius 3 is 2.67 bits per heavy atom. The molecule has 0 saturated carbocycles. The number of carbonyl (C=O) groups is 3. The highest BCUT2D eigenvalue weighted by Gasteiger charge is 2.22. The lowest BCUT2D eigenvalue weighted by molar-refractivity contribution is -0.143. The monoisotopic (exact) mass is 314 g/mol. The van der Waals surface area contributed by atoms with Gasteiger partial charge in [-0.3, -0.25) is 9.59 Å². The van der Waals surface area contributed by atoms with Crippen molar-refractivity contribution >= 4 is 29.4 Å². The maximum Gasteiger partial charge on any atom is 0.326 e. The van der Waals surface area contributed by atoms with Crippen molar-refractivity contribution in [1.82, 2.24) is 5.32 Å². The zero-order valence-corrected chi connectivity index (χ0v) is 12.0. The van der Waals surface area contributed by atoms with Crippen LogP contribution in [0, 0.1) is 6.92 Å². The second kappa shape index (κ2) is 7.49. The summed E-state index contributed by atoms with van der Waals surface area (Å²) in [6.07, 6.45) is -0.494. The smallest absolute Gasteiger partial charge is 0.326 e. The summed E-state index contributed by atoms with van der Waals surface area (Å²) in [4.78, 5) is 33.2. The topological polar surface area (TPSA) is 119 Å². The van der Waals surface area contributed by atoms with Crippen LogP contribution in [0.5, 0.6) is 5.75 Å². The minimum Gasteiger partial charge on any atom is -0.482 e. The molecule has 0 aliphatic carbocycles. The van der Waals surface area contributed by atoms with Gasteiger partial charge in [0.2, 0.25) is 5.91 Å². The molecule has 21 heavy (non-hydrogen) atoms. The number of nitrogens with two attached hydrogens (primary N) is 1. The second-order valence-electron chi connectivity index (χ2n) is 4.35. The highest BCUT2D eigenvalue weighted by Crippen LogP contribution is 2.24. The number of hydrogen-bond acceptors (Lipinski definition) is 4. The molecular weight excluding hydrogens is 300 g/mol. The van der Waals surface area contributed by atoms with Gasteiger partial charge in [-0.05, 0) is 24.6 Å². The Morgan fingerprint density at radius 2 is 2.10 bits per heavy atom. The van der Waals surface area contributed by atoms with Crippen LogP contribution in [0.3, 0.4) is 0 Å². The Kier molecular flexibility index (Phi) is 5.98. The molecule has 0 aromatic heterocycles. The summed E-state index contributed by atoms with van der Waals surface area (Å²) in [5, 5.41) is 11.3. The number of carbonyl (C=O) groups excluding carboxylic acids is 2. The largest absolute Gasteiger partial charge is 0.482 e. The molecule has 7 nitrogen and oxygen atoms in total. The van der Waals surface area contributed by atoms with Gasteiger partial charge in [0, 0.05) is 0 Å². The van der Waals surface area contributed by atoms with Gasteiger partial charge in [0.15, 0.2) is 6.61 Å². The van der Waals surface area contributed by atoms with Crippen molar-refractivity contribution in [3.05, 3.63) is 28.8 Å². The van der Waals surface area contributed by atoms with Gasteiger partial charge in [-0.2, -0.15) is 0 Å². The minimum absolute atomic E-state index is 0.314. The lowest BCUT2D eigenvalue weighted by Crippen LogP contribution is -2.45. The van der Waals surface area contributed by atoms with Crippen LogP contribution in [0.2, 0.25) is 5.02 Å². The highest BCUT2D eigenvalue weighted by atomic mass is 35.5. The maximum absolute atomic E-state index is 11.6. The average molecular weight is 315 g/mol. The first-order valence-corrected chi connectivity index (χ1v) is 6.37. The first kappa shape index (κ1) is 16.8.